The molecule has 92 valence electrons. The second-order valence-corrected chi connectivity index (χ2v) is 4.87. The molecule has 0 fully saturated rings. The quantitative estimate of drug-likeness (QED) is 0.850. The van der Waals surface area contributed by atoms with E-state index in [4.69, 9.17) is 12.2 Å². The minimum Gasteiger partial charge on any atom is -0.328 e. The van der Waals surface area contributed by atoms with Gasteiger partial charge in [0.25, 0.3) is 0 Å². The first-order valence-electron chi connectivity index (χ1n) is 5.54. The Morgan fingerprint density at radius 2 is 2.18 bits per heavy atom. The SMILES string of the molecule is CC(Cn1c(=S)[nH]c2c(F)cccc21)N(C)C. The lowest BCUT2D eigenvalue weighted by atomic mass is 10.2. The number of halogens is 1. The summed E-state index contributed by atoms with van der Waals surface area (Å²) in [4.78, 5) is 5.03. The van der Waals surface area contributed by atoms with Crippen LogP contribution in [0, 0.1) is 10.6 Å². The summed E-state index contributed by atoms with van der Waals surface area (Å²) in [6.45, 7) is 2.86. The van der Waals surface area contributed by atoms with E-state index >= 15 is 0 Å². The Balaban J connectivity index is 2.51. The Kier molecular flexibility index (Phi) is 3.31. The van der Waals surface area contributed by atoms with Gasteiger partial charge in [0, 0.05) is 12.6 Å². The van der Waals surface area contributed by atoms with E-state index in [2.05, 4.69) is 16.8 Å². The lowest BCUT2D eigenvalue weighted by Crippen LogP contribution is -2.29. The molecular weight excluding hydrogens is 237 g/mol. The smallest absolute Gasteiger partial charge is 0.178 e. The van der Waals surface area contributed by atoms with Crippen molar-refractivity contribution in [2.24, 2.45) is 0 Å². The molecule has 2 rings (SSSR count). The summed E-state index contributed by atoms with van der Waals surface area (Å²) in [5.41, 5.74) is 1.31. The molecule has 1 N–H and O–H groups in total. The molecule has 1 heterocycles. The number of aromatic nitrogens is 2. The van der Waals surface area contributed by atoms with Gasteiger partial charge in [-0.15, -0.1) is 0 Å². The molecule has 0 radical (unpaired) electrons. The van der Waals surface area contributed by atoms with E-state index < -0.39 is 0 Å². The lowest BCUT2D eigenvalue weighted by Gasteiger charge is -2.20. The predicted molar refractivity (Wildman–Crippen MR) is 70.2 cm³/mol. The molecule has 3 nitrogen and oxygen atoms in total. The van der Waals surface area contributed by atoms with Crippen molar-refractivity contribution in [1.29, 1.82) is 0 Å². The predicted octanol–water partition coefficient (Wildman–Crippen LogP) is 2.79. The van der Waals surface area contributed by atoms with Gasteiger partial charge in [0.15, 0.2) is 4.77 Å². The fourth-order valence-corrected chi connectivity index (χ4v) is 2.03. The van der Waals surface area contributed by atoms with Crippen molar-refractivity contribution < 1.29 is 4.39 Å². The first kappa shape index (κ1) is 12.3. The molecule has 0 spiro atoms. The number of H-pyrrole nitrogens is 1. The summed E-state index contributed by atoms with van der Waals surface area (Å²) in [6.07, 6.45) is 0. The summed E-state index contributed by atoms with van der Waals surface area (Å²) in [5.74, 6) is -0.259. The summed E-state index contributed by atoms with van der Waals surface area (Å²) in [7, 11) is 4.04. The monoisotopic (exact) mass is 253 g/mol. The zero-order valence-corrected chi connectivity index (χ0v) is 11.0. The second-order valence-electron chi connectivity index (χ2n) is 4.49. The summed E-state index contributed by atoms with van der Waals surface area (Å²) < 4.78 is 16.1. The molecule has 0 aliphatic rings. The minimum absolute atomic E-state index is 0.259. The van der Waals surface area contributed by atoms with Crippen LogP contribution in [-0.2, 0) is 6.54 Å². The molecular formula is C12H16FN3S. The summed E-state index contributed by atoms with van der Waals surface area (Å²) in [6, 6.07) is 5.36. The van der Waals surface area contributed by atoms with Gasteiger partial charge in [0.05, 0.1) is 5.52 Å². The van der Waals surface area contributed by atoms with Gasteiger partial charge in [-0.2, -0.15) is 0 Å². The molecule has 1 atom stereocenters. The molecule has 0 aliphatic carbocycles. The van der Waals surface area contributed by atoms with Crippen LogP contribution in [0.5, 0.6) is 0 Å². The normalized spacial score (nSPS) is 13.5. The number of rotatable bonds is 3. The number of fused-ring (bicyclic) bond motifs is 1. The van der Waals surface area contributed by atoms with Crippen molar-refractivity contribution in [1.82, 2.24) is 14.5 Å². The molecule has 1 aromatic carbocycles. The van der Waals surface area contributed by atoms with Gasteiger partial charge < -0.3 is 14.5 Å². The number of likely N-dealkylation sites (N-methyl/N-ethyl adjacent to an activating group) is 1. The standard InChI is InChI=1S/C12H16FN3S/c1-8(15(2)3)7-16-10-6-4-5-9(13)11(10)14-12(16)17/h4-6,8H,7H2,1-3H3,(H,14,17). The maximum absolute atomic E-state index is 13.6. The lowest BCUT2D eigenvalue weighted by molar-refractivity contribution is 0.285. The van der Waals surface area contributed by atoms with Crippen LogP contribution in [0.1, 0.15) is 6.92 Å². The number of hydrogen-bond donors (Lipinski definition) is 1. The first-order chi connectivity index (χ1) is 8.00. The van der Waals surface area contributed by atoms with Crippen LogP contribution in [0.4, 0.5) is 4.39 Å². The largest absolute Gasteiger partial charge is 0.328 e. The van der Waals surface area contributed by atoms with E-state index in [0.29, 0.717) is 16.3 Å². The van der Waals surface area contributed by atoms with Gasteiger partial charge >= 0.3 is 0 Å². The average Bonchev–Trinajstić information content (AvgIpc) is 2.58. The van der Waals surface area contributed by atoms with Crippen molar-refractivity contribution in [3.05, 3.63) is 28.8 Å². The van der Waals surface area contributed by atoms with Gasteiger partial charge in [-0.25, -0.2) is 4.39 Å². The number of aromatic amines is 1. The van der Waals surface area contributed by atoms with Crippen LogP contribution in [0.2, 0.25) is 0 Å². The highest BCUT2D eigenvalue weighted by molar-refractivity contribution is 7.71. The highest BCUT2D eigenvalue weighted by atomic mass is 32.1. The van der Waals surface area contributed by atoms with Gasteiger partial charge in [0.1, 0.15) is 11.3 Å². The minimum atomic E-state index is -0.259. The van der Waals surface area contributed by atoms with Crippen molar-refractivity contribution in [2.45, 2.75) is 19.5 Å². The number of benzene rings is 1. The molecule has 2 aromatic rings. The molecule has 1 unspecified atom stereocenters. The second kappa shape index (κ2) is 4.58. The van der Waals surface area contributed by atoms with Crippen molar-refractivity contribution in [2.75, 3.05) is 14.1 Å². The zero-order valence-electron chi connectivity index (χ0n) is 10.2. The topological polar surface area (TPSA) is 24.0 Å². The summed E-state index contributed by atoms with van der Waals surface area (Å²) in [5, 5.41) is 0. The highest BCUT2D eigenvalue weighted by Crippen LogP contribution is 2.18. The van der Waals surface area contributed by atoms with E-state index in [1.54, 1.807) is 6.07 Å². The molecule has 0 bridgehead atoms. The molecule has 5 heteroatoms. The summed E-state index contributed by atoms with van der Waals surface area (Å²) >= 11 is 5.24. The van der Waals surface area contributed by atoms with E-state index in [1.165, 1.54) is 6.07 Å². The van der Waals surface area contributed by atoms with E-state index in [9.17, 15) is 4.39 Å². The van der Waals surface area contributed by atoms with Gasteiger partial charge in [0.2, 0.25) is 0 Å². The first-order valence-corrected chi connectivity index (χ1v) is 5.95. The van der Waals surface area contributed by atoms with Crippen LogP contribution in [0.3, 0.4) is 0 Å². The molecule has 0 saturated carbocycles. The number of imidazole rings is 1. The Bertz CT molecular complexity index is 585. The number of hydrogen-bond acceptors (Lipinski definition) is 2. The Morgan fingerprint density at radius 3 is 2.82 bits per heavy atom. The third-order valence-corrected chi connectivity index (χ3v) is 3.41. The Labute approximate surface area is 105 Å². The molecule has 17 heavy (non-hydrogen) atoms. The fraction of sp³-hybridized carbons (Fsp3) is 0.417. The molecule has 1 aromatic heterocycles. The van der Waals surface area contributed by atoms with Crippen molar-refractivity contribution >= 4 is 23.3 Å². The Morgan fingerprint density at radius 1 is 1.47 bits per heavy atom. The van der Waals surface area contributed by atoms with Gasteiger partial charge in [-0.05, 0) is 45.4 Å². The maximum atomic E-state index is 13.6. The number of nitrogens with one attached hydrogen (secondary N) is 1. The average molecular weight is 253 g/mol. The number of nitrogens with zero attached hydrogens (tertiary/aromatic N) is 2. The van der Waals surface area contributed by atoms with E-state index in [1.807, 2.05) is 24.7 Å². The zero-order chi connectivity index (χ0) is 12.6. The third-order valence-electron chi connectivity index (χ3n) is 3.09. The van der Waals surface area contributed by atoms with Crippen LogP contribution in [0.25, 0.3) is 11.0 Å². The maximum Gasteiger partial charge on any atom is 0.178 e. The van der Waals surface area contributed by atoms with Crippen molar-refractivity contribution in [3.63, 3.8) is 0 Å². The molecule has 0 amide bonds. The van der Waals surface area contributed by atoms with E-state index in [0.717, 1.165) is 12.1 Å². The van der Waals surface area contributed by atoms with E-state index in [-0.39, 0.29) is 5.82 Å². The Hall–Kier alpha value is -1.20. The van der Waals surface area contributed by atoms with Gasteiger partial charge in [-0.3, -0.25) is 0 Å². The molecule has 0 saturated heterocycles. The van der Waals surface area contributed by atoms with Crippen LogP contribution in [0.15, 0.2) is 18.2 Å². The van der Waals surface area contributed by atoms with Crippen LogP contribution in [-0.4, -0.2) is 34.6 Å². The highest BCUT2D eigenvalue weighted by Gasteiger charge is 2.11. The number of para-hydroxylation sites is 1. The third kappa shape index (κ3) is 2.25. The molecule has 0 aliphatic heterocycles. The van der Waals surface area contributed by atoms with Crippen molar-refractivity contribution in [3.8, 4) is 0 Å². The van der Waals surface area contributed by atoms with Crippen LogP contribution >= 0.6 is 12.2 Å². The fourth-order valence-electron chi connectivity index (χ4n) is 1.75. The van der Waals surface area contributed by atoms with Crippen LogP contribution < -0.4 is 0 Å². The van der Waals surface area contributed by atoms with Gasteiger partial charge in [-0.1, -0.05) is 6.07 Å².